The lowest BCUT2D eigenvalue weighted by Gasteiger charge is -2.35. The number of hydrogen-bond acceptors (Lipinski definition) is 3. The molecule has 0 unspecified atom stereocenters. The molecule has 8 heteroatoms. The summed E-state index contributed by atoms with van der Waals surface area (Å²) < 4.78 is 39.8. The quantitative estimate of drug-likeness (QED) is 0.846. The normalized spacial score (nSPS) is 15.3. The van der Waals surface area contributed by atoms with Crippen molar-refractivity contribution < 1.29 is 18.0 Å². The van der Waals surface area contributed by atoms with Crippen molar-refractivity contribution in [1.82, 2.24) is 19.4 Å². The molecule has 0 saturated heterocycles. The predicted molar refractivity (Wildman–Crippen MR) is 79.9 cm³/mol. The molecule has 5 nitrogen and oxygen atoms in total. The lowest BCUT2D eigenvalue weighted by molar-refractivity contribution is -0.148. The third-order valence-electron chi connectivity index (χ3n) is 4.27. The van der Waals surface area contributed by atoms with Crippen LogP contribution in [0, 0.1) is 0 Å². The van der Waals surface area contributed by atoms with E-state index in [-0.39, 0.29) is 25.5 Å². The number of carbonyl (C=O) groups is 1. The van der Waals surface area contributed by atoms with Crippen molar-refractivity contribution in [2.75, 3.05) is 6.54 Å². The van der Waals surface area contributed by atoms with Gasteiger partial charge < -0.3 is 9.47 Å². The highest BCUT2D eigenvalue weighted by Gasteiger charge is 2.40. The number of rotatable bonds is 2. The molecule has 1 aliphatic rings. The fraction of sp³-hybridized carbons (Fsp3) is 0.438. The van der Waals surface area contributed by atoms with Crippen LogP contribution in [0.15, 0.2) is 30.6 Å². The smallest absolute Gasteiger partial charge is 0.334 e. The number of hydrogen-bond donors (Lipinski definition) is 0. The molecule has 0 spiro atoms. The SMILES string of the molecule is CC(C)(C(=O)N1CCn2c(cnc2C(F)(F)F)C1)c1ccccn1. The molecule has 3 rings (SSSR count). The van der Waals surface area contributed by atoms with Crippen LogP contribution in [0.4, 0.5) is 13.2 Å². The Morgan fingerprint density at radius 3 is 2.54 bits per heavy atom. The zero-order chi connectivity index (χ0) is 17.5. The number of imidazole rings is 1. The van der Waals surface area contributed by atoms with Gasteiger partial charge in [0.2, 0.25) is 11.7 Å². The van der Waals surface area contributed by atoms with E-state index in [1.165, 1.54) is 6.20 Å². The van der Waals surface area contributed by atoms with E-state index in [1.54, 1.807) is 43.1 Å². The third kappa shape index (κ3) is 2.76. The number of carbonyl (C=O) groups excluding carboxylic acids is 1. The monoisotopic (exact) mass is 338 g/mol. The minimum atomic E-state index is -4.49. The number of aromatic nitrogens is 3. The Morgan fingerprint density at radius 2 is 1.92 bits per heavy atom. The van der Waals surface area contributed by atoms with Gasteiger partial charge in [-0.3, -0.25) is 9.78 Å². The molecule has 2 aromatic rings. The first-order chi connectivity index (χ1) is 11.2. The minimum absolute atomic E-state index is 0.0776. The second-order valence-electron chi connectivity index (χ2n) is 6.29. The van der Waals surface area contributed by atoms with Crippen LogP contribution < -0.4 is 0 Å². The summed E-state index contributed by atoms with van der Waals surface area (Å²) in [5, 5.41) is 0. The zero-order valence-electron chi connectivity index (χ0n) is 13.3. The van der Waals surface area contributed by atoms with Crippen LogP contribution in [-0.4, -0.2) is 31.9 Å². The Kier molecular flexibility index (Phi) is 3.85. The Labute approximate surface area is 137 Å². The lowest BCUT2D eigenvalue weighted by atomic mass is 9.86. The van der Waals surface area contributed by atoms with Gasteiger partial charge in [0.15, 0.2) is 0 Å². The van der Waals surface area contributed by atoms with Crippen molar-refractivity contribution >= 4 is 5.91 Å². The molecule has 0 aromatic carbocycles. The van der Waals surface area contributed by atoms with Crippen molar-refractivity contribution in [3.8, 4) is 0 Å². The molecule has 0 bridgehead atoms. The third-order valence-corrected chi connectivity index (χ3v) is 4.27. The Bertz CT molecular complexity index is 752. The molecular formula is C16H17F3N4O. The largest absolute Gasteiger partial charge is 0.449 e. The molecule has 0 saturated carbocycles. The summed E-state index contributed by atoms with van der Waals surface area (Å²) in [6, 6.07) is 5.34. The van der Waals surface area contributed by atoms with Crippen molar-refractivity contribution in [2.24, 2.45) is 0 Å². The van der Waals surface area contributed by atoms with Crippen molar-refractivity contribution in [2.45, 2.75) is 38.5 Å². The van der Waals surface area contributed by atoms with Crippen LogP contribution in [0.3, 0.4) is 0 Å². The van der Waals surface area contributed by atoms with Crippen LogP contribution in [0.2, 0.25) is 0 Å². The van der Waals surface area contributed by atoms with E-state index in [9.17, 15) is 18.0 Å². The van der Waals surface area contributed by atoms with Crippen LogP contribution >= 0.6 is 0 Å². The molecule has 24 heavy (non-hydrogen) atoms. The van der Waals surface area contributed by atoms with Gasteiger partial charge in [-0.2, -0.15) is 13.2 Å². The van der Waals surface area contributed by atoms with Crippen LogP contribution in [0.5, 0.6) is 0 Å². The molecule has 128 valence electrons. The number of halogens is 3. The van der Waals surface area contributed by atoms with Gasteiger partial charge in [-0.15, -0.1) is 0 Å². The van der Waals surface area contributed by atoms with Gasteiger partial charge >= 0.3 is 6.18 Å². The number of pyridine rings is 1. The standard InChI is InChI=1S/C16H17F3N4O/c1-15(2,12-5-3-4-6-20-12)14(24)22-7-8-23-11(10-22)9-21-13(23)16(17,18)19/h3-6,9H,7-8,10H2,1-2H3. The van der Waals surface area contributed by atoms with Gasteiger partial charge in [-0.05, 0) is 26.0 Å². The summed E-state index contributed by atoms with van der Waals surface area (Å²) in [6.07, 6.45) is -1.68. The van der Waals surface area contributed by atoms with Gasteiger partial charge in [0, 0.05) is 19.3 Å². The van der Waals surface area contributed by atoms with E-state index in [2.05, 4.69) is 9.97 Å². The second-order valence-corrected chi connectivity index (χ2v) is 6.29. The molecule has 1 aliphatic heterocycles. The topological polar surface area (TPSA) is 51.0 Å². The van der Waals surface area contributed by atoms with Crippen molar-refractivity contribution in [3.63, 3.8) is 0 Å². The molecule has 0 radical (unpaired) electrons. The average molecular weight is 338 g/mol. The summed E-state index contributed by atoms with van der Waals surface area (Å²) in [6.45, 7) is 3.93. The molecule has 3 heterocycles. The van der Waals surface area contributed by atoms with E-state index in [4.69, 9.17) is 0 Å². The number of alkyl halides is 3. The number of nitrogens with zero attached hydrogens (tertiary/aromatic N) is 4. The van der Waals surface area contributed by atoms with Gasteiger partial charge in [0.05, 0.1) is 29.5 Å². The van der Waals surface area contributed by atoms with E-state index in [0.29, 0.717) is 11.4 Å². The molecule has 2 aromatic heterocycles. The van der Waals surface area contributed by atoms with Crippen molar-refractivity contribution in [3.05, 3.63) is 47.8 Å². The van der Waals surface area contributed by atoms with Crippen LogP contribution in [0.1, 0.15) is 31.1 Å². The van der Waals surface area contributed by atoms with Crippen LogP contribution in [0.25, 0.3) is 0 Å². The summed E-state index contributed by atoms with van der Waals surface area (Å²) in [5.74, 6) is -1.07. The fourth-order valence-electron chi connectivity index (χ4n) is 2.92. The summed E-state index contributed by atoms with van der Waals surface area (Å²) >= 11 is 0. The minimum Gasteiger partial charge on any atom is -0.334 e. The highest BCUT2D eigenvalue weighted by molar-refractivity contribution is 5.87. The maximum absolute atomic E-state index is 12.9. The first kappa shape index (κ1) is 16.5. The molecule has 0 aliphatic carbocycles. The Balaban J connectivity index is 1.83. The summed E-state index contributed by atoms with van der Waals surface area (Å²) in [4.78, 5) is 22.1. The molecule has 0 fully saturated rings. The van der Waals surface area contributed by atoms with E-state index >= 15 is 0 Å². The van der Waals surface area contributed by atoms with Gasteiger partial charge in [0.1, 0.15) is 0 Å². The van der Waals surface area contributed by atoms with Crippen LogP contribution in [-0.2, 0) is 29.5 Å². The highest BCUT2D eigenvalue weighted by atomic mass is 19.4. The molecule has 0 atom stereocenters. The average Bonchev–Trinajstić information content (AvgIpc) is 2.98. The van der Waals surface area contributed by atoms with E-state index in [0.717, 1.165) is 4.57 Å². The predicted octanol–water partition coefficient (Wildman–Crippen LogP) is 2.62. The van der Waals surface area contributed by atoms with Gasteiger partial charge in [-0.25, -0.2) is 4.98 Å². The van der Waals surface area contributed by atoms with E-state index in [1.807, 2.05) is 0 Å². The molecular weight excluding hydrogens is 321 g/mol. The van der Waals surface area contributed by atoms with E-state index < -0.39 is 17.4 Å². The maximum Gasteiger partial charge on any atom is 0.449 e. The van der Waals surface area contributed by atoms with Gasteiger partial charge in [0.25, 0.3) is 0 Å². The summed E-state index contributed by atoms with van der Waals surface area (Å²) in [7, 11) is 0. The maximum atomic E-state index is 12.9. The summed E-state index contributed by atoms with van der Waals surface area (Å²) in [5.41, 5.74) is 0.167. The second kappa shape index (κ2) is 5.61. The first-order valence-corrected chi connectivity index (χ1v) is 7.54. The number of amides is 1. The fourth-order valence-corrected chi connectivity index (χ4v) is 2.92. The van der Waals surface area contributed by atoms with Gasteiger partial charge in [-0.1, -0.05) is 6.07 Å². The first-order valence-electron chi connectivity index (χ1n) is 7.54. The lowest BCUT2D eigenvalue weighted by Crippen LogP contribution is -2.47. The molecule has 1 amide bonds. The van der Waals surface area contributed by atoms with Crippen molar-refractivity contribution in [1.29, 1.82) is 0 Å². The Hall–Kier alpha value is -2.38. The zero-order valence-corrected chi connectivity index (χ0v) is 13.3. The molecule has 0 N–H and O–H groups in total. The highest BCUT2D eigenvalue weighted by Crippen LogP contribution is 2.31. The Morgan fingerprint density at radius 1 is 1.17 bits per heavy atom. The number of fused-ring (bicyclic) bond motifs is 1.